The minimum atomic E-state index is -0.891. The highest BCUT2D eigenvalue weighted by Crippen LogP contribution is 2.32. The third-order valence-corrected chi connectivity index (χ3v) is 4.87. The Bertz CT molecular complexity index is 637. The van der Waals surface area contributed by atoms with Crippen molar-refractivity contribution in [2.45, 2.75) is 63.8 Å². The van der Waals surface area contributed by atoms with Crippen molar-refractivity contribution in [2.24, 2.45) is 11.0 Å². The molecule has 0 N–H and O–H groups in total. The number of hydrogen-bond acceptors (Lipinski definition) is 4. The van der Waals surface area contributed by atoms with Gasteiger partial charge in [0.1, 0.15) is 12.3 Å². The van der Waals surface area contributed by atoms with Crippen LogP contribution >= 0.6 is 0 Å². The van der Waals surface area contributed by atoms with E-state index in [-0.39, 0.29) is 18.1 Å². The maximum atomic E-state index is 13.2. The summed E-state index contributed by atoms with van der Waals surface area (Å²) in [5.41, 5.74) is 8.88. The molecule has 1 aliphatic heterocycles. The molecule has 0 aromatic heterocycles. The zero-order chi connectivity index (χ0) is 20.0. The smallest absolute Gasteiger partial charge is 0.410 e. The minimum Gasteiger partial charge on any atom is -0.444 e. The van der Waals surface area contributed by atoms with Gasteiger partial charge >= 0.3 is 6.09 Å². The number of methoxy groups -OCH3 is 1. The van der Waals surface area contributed by atoms with Crippen LogP contribution in [0.4, 0.5) is 9.18 Å². The van der Waals surface area contributed by atoms with E-state index in [1.807, 2.05) is 43.9 Å². The summed E-state index contributed by atoms with van der Waals surface area (Å²) in [6.07, 6.45) is 7.62. The number of alkyl halides is 1. The largest absolute Gasteiger partial charge is 0.444 e. The fourth-order valence-corrected chi connectivity index (χ4v) is 3.69. The molecule has 1 heterocycles. The molecule has 8 heteroatoms. The Morgan fingerprint density at radius 3 is 2.78 bits per heavy atom. The minimum absolute atomic E-state index is 0.0870. The molecule has 1 unspecified atom stereocenters. The van der Waals surface area contributed by atoms with Crippen molar-refractivity contribution < 1.29 is 18.7 Å². The summed E-state index contributed by atoms with van der Waals surface area (Å²) in [6, 6.07) is -0.804. The standard InChI is InChI=1S/C19H29FN4O3/c1-19(2,3)27-18(25)24-11-5-6-16(24)13-7-9-14(10-8-13)17(26-4)15(12-20)22-23-21/h7,9-10,13,15-17H,5-6,8,11-12H2,1-4H3/t13?,15-,16-,17-/m1/s1. The summed E-state index contributed by atoms with van der Waals surface area (Å²) < 4.78 is 24.1. The molecular weight excluding hydrogens is 351 g/mol. The summed E-state index contributed by atoms with van der Waals surface area (Å²) in [5.74, 6) is 0.171. The highest BCUT2D eigenvalue weighted by Gasteiger charge is 2.36. The van der Waals surface area contributed by atoms with E-state index in [9.17, 15) is 9.18 Å². The van der Waals surface area contributed by atoms with Crippen LogP contribution in [0.5, 0.6) is 0 Å². The number of nitrogens with zero attached hydrogens (tertiary/aromatic N) is 4. The lowest BCUT2D eigenvalue weighted by Gasteiger charge is -2.33. The van der Waals surface area contributed by atoms with Gasteiger partial charge in [-0.05, 0) is 51.1 Å². The van der Waals surface area contributed by atoms with Gasteiger partial charge in [0.05, 0.1) is 12.1 Å². The third kappa shape index (κ3) is 5.47. The highest BCUT2D eigenvalue weighted by atomic mass is 19.1. The molecule has 0 aromatic rings. The number of azide groups is 1. The van der Waals surface area contributed by atoms with Crippen LogP contribution in [0.3, 0.4) is 0 Å². The van der Waals surface area contributed by atoms with E-state index in [0.717, 1.165) is 18.4 Å². The average molecular weight is 380 g/mol. The van der Waals surface area contributed by atoms with Crippen molar-refractivity contribution in [2.75, 3.05) is 20.3 Å². The second-order valence-corrected chi connectivity index (χ2v) is 7.93. The number of likely N-dealkylation sites (tertiary alicyclic amines) is 1. The third-order valence-electron chi connectivity index (χ3n) is 4.87. The fourth-order valence-electron chi connectivity index (χ4n) is 3.69. The maximum absolute atomic E-state index is 13.2. The number of rotatable bonds is 6. The topological polar surface area (TPSA) is 87.5 Å². The first-order valence-electron chi connectivity index (χ1n) is 9.31. The quantitative estimate of drug-likeness (QED) is 0.385. The highest BCUT2D eigenvalue weighted by molar-refractivity contribution is 5.69. The molecule has 0 spiro atoms. The van der Waals surface area contributed by atoms with E-state index in [1.165, 1.54) is 7.11 Å². The Morgan fingerprint density at radius 2 is 2.26 bits per heavy atom. The number of allylic oxidation sites excluding steroid dienone is 1. The molecule has 0 aromatic carbocycles. The van der Waals surface area contributed by atoms with Crippen LogP contribution in [0, 0.1) is 5.92 Å². The predicted octanol–water partition coefficient (Wildman–Crippen LogP) is 4.55. The van der Waals surface area contributed by atoms with Crippen LogP contribution in [0.1, 0.15) is 40.0 Å². The van der Waals surface area contributed by atoms with E-state index in [2.05, 4.69) is 10.0 Å². The summed E-state index contributed by atoms with van der Waals surface area (Å²) in [5, 5.41) is 3.49. The Labute approximate surface area is 159 Å². The van der Waals surface area contributed by atoms with Crippen LogP contribution in [0.25, 0.3) is 10.4 Å². The number of amides is 1. The lowest BCUT2D eigenvalue weighted by molar-refractivity contribution is 0.0194. The van der Waals surface area contributed by atoms with E-state index in [4.69, 9.17) is 15.0 Å². The van der Waals surface area contributed by atoms with Gasteiger partial charge in [0.15, 0.2) is 0 Å². The monoisotopic (exact) mass is 380 g/mol. The van der Waals surface area contributed by atoms with E-state index in [0.29, 0.717) is 13.0 Å². The zero-order valence-corrected chi connectivity index (χ0v) is 16.5. The molecule has 150 valence electrons. The average Bonchev–Trinajstić information content (AvgIpc) is 3.10. The van der Waals surface area contributed by atoms with Gasteiger partial charge in [-0.1, -0.05) is 23.3 Å². The Kier molecular flexibility index (Phi) is 7.27. The van der Waals surface area contributed by atoms with Crippen molar-refractivity contribution in [3.05, 3.63) is 34.2 Å². The number of carbonyl (C=O) groups is 1. The molecule has 4 atom stereocenters. The Morgan fingerprint density at radius 1 is 1.52 bits per heavy atom. The van der Waals surface area contributed by atoms with Gasteiger partial charge < -0.3 is 14.4 Å². The molecule has 1 aliphatic carbocycles. The van der Waals surface area contributed by atoms with Crippen LogP contribution in [0.2, 0.25) is 0 Å². The molecular formula is C19H29FN4O3. The first-order chi connectivity index (χ1) is 12.8. The summed E-state index contributed by atoms with van der Waals surface area (Å²) >= 11 is 0. The van der Waals surface area contributed by atoms with Crippen LogP contribution in [0.15, 0.2) is 28.9 Å². The summed E-state index contributed by atoms with van der Waals surface area (Å²) in [6.45, 7) is 5.50. The van der Waals surface area contributed by atoms with Gasteiger partial charge in [0.25, 0.3) is 0 Å². The normalized spacial score (nSPS) is 24.8. The van der Waals surface area contributed by atoms with Gasteiger partial charge in [-0.25, -0.2) is 4.79 Å². The van der Waals surface area contributed by atoms with Crippen LogP contribution in [-0.2, 0) is 9.47 Å². The van der Waals surface area contributed by atoms with Crippen LogP contribution < -0.4 is 0 Å². The first kappa shape index (κ1) is 21.3. The Balaban J connectivity index is 2.06. The maximum Gasteiger partial charge on any atom is 0.410 e. The molecule has 27 heavy (non-hydrogen) atoms. The van der Waals surface area contributed by atoms with E-state index < -0.39 is 24.4 Å². The van der Waals surface area contributed by atoms with Crippen molar-refractivity contribution in [3.8, 4) is 0 Å². The molecule has 0 radical (unpaired) electrons. The van der Waals surface area contributed by atoms with Crippen LogP contribution in [-0.4, -0.2) is 55.1 Å². The molecule has 0 saturated carbocycles. The number of halogens is 1. The lowest BCUT2D eigenvalue weighted by Crippen LogP contribution is -2.43. The Hall–Kier alpha value is -2.05. The summed E-state index contributed by atoms with van der Waals surface area (Å²) in [4.78, 5) is 17.0. The van der Waals surface area contributed by atoms with Crippen molar-refractivity contribution in [1.29, 1.82) is 0 Å². The molecule has 2 aliphatic rings. The second kappa shape index (κ2) is 9.24. The van der Waals surface area contributed by atoms with Gasteiger partial charge in [-0.2, -0.15) is 0 Å². The van der Waals surface area contributed by atoms with Gasteiger partial charge in [0.2, 0.25) is 0 Å². The second-order valence-electron chi connectivity index (χ2n) is 7.93. The van der Waals surface area contributed by atoms with Crippen molar-refractivity contribution >= 4 is 6.09 Å². The fraction of sp³-hybridized carbons (Fsp3) is 0.737. The van der Waals surface area contributed by atoms with Crippen molar-refractivity contribution in [1.82, 2.24) is 4.90 Å². The molecule has 0 bridgehead atoms. The predicted molar refractivity (Wildman–Crippen MR) is 101 cm³/mol. The summed E-state index contributed by atoms with van der Waals surface area (Å²) in [7, 11) is 1.47. The van der Waals surface area contributed by atoms with Gasteiger partial charge in [-0.3, -0.25) is 4.39 Å². The molecule has 7 nitrogen and oxygen atoms in total. The van der Waals surface area contributed by atoms with E-state index >= 15 is 0 Å². The van der Waals surface area contributed by atoms with Crippen molar-refractivity contribution in [3.63, 3.8) is 0 Å². The van der Waals surface area contributed by atoms with Gasteiger partial charge in [-0.15, -0.1) is 0 Å². The lowest BCUT2D eigenvalue weighted by atomic mass is 9.86. The molecule has 1 amide bonds. The number of carbonyl (C=O) groups excluding carboxylic acids is 1. The van der Waals surface area contributed by atoms with Gasteiger partial charge in [0, 0.05) is 30.5 Å². The first-order valence-corrected chi connectivity index (χ1v) is 9.31. The number of ether oxygens (including phenoxy) is 2. The SMILES string of the molecule is CO[C@H](C1=CCC([C@H]2CCCN2C(=O)OC(C)(C)C)C=C1)[C@@H](CF)N=[N+]=[N-]. The number of hydrogen-bond donors (Lipinski definition) is 0. The zero-order valence-electron chi connectivity index (χ0n) is 16.5. The molecule has 1 saturated heterocycles. The van der Waals surface area contributed by atoms with E-state index in [1.54, 1.807) is 0 Å². The molecule has 1 fully saturated rings. The molecule has 2 rings (SSSR count).